The van der Waals surface area contributed by atoms with Crippen LogP contribution in [0.15, 0.2) is 108 Å². The first kappa shape index (κ1) is 28.2. The Morgan fingerprint density at radius 3 is 2.29 bits per heavy atom. The molecule has 4 aromatic carbocycles. The Morgan fingerprint density at radius 1 is 0.952 bits per heavy atom. The van der Waals surface area contributed by atoms with Gasteiger partial charge in [0.1, 0.15) is 11.6 Å². The molecular formula is C33H30N4O5. The number of non-ortho nitro benzene ring substituents is 1. The minimum atomic E-state index is -0.639. The van der Waals surface area contributed by atoms with Crippen LogP contribution in [0.3, 0.4) is 0 Å². The van der Waals surface area contributed by atoms with Crippen molar-refractivity contribution < 1.29 is 14.5 Å². The van der Waals surface area contributed by atoms with Gasteiger partial charge < -0.3 is 9.64 Å². The van der Waals surface area contributed by atoms with Crippen LogP contribution in [0.25, 0.3) is 16.6 Å². The molecule has 0 fully saturated rings. The second-order valence-corrected chi connectivity index (χ2v) is 9.77. The van der Waals surface area contributed by atoms with E-state index in [1.807, 2.05) is 50.2 Å². The van der Waals surface area contributed by atoms with E-state index in [0.717, 1.165) is 5.56 Å². The summed E-state index contributed by atoms with van der Waals surface area (Å²) in [7, 11) is 0. The molecule has 1 aromatic heterocycles. The van der Waals surface area contributed by atoms with Gasteiger partial charge in [-0.3, -0.25) is 24.3 Å². The molecule has 0 radical (unpaired) electrons. The lowest BCUT2D eigenvalue weighted by molar-refractivity contribution is -0.384. The van der Waals surface area contributed by atoms with Gasteiger partial charge in [0.2, 0.25) is 0 Å². The molecule has 1 unspecified atom stereocenters. The van der Waals surface area contributed by atoms with Crippen molar-refractivity contribution in [2.24, 2.45) is 0 Å². The van der Waals surface area contributed by atoms with Crippen molar-refractivity contribution in [3.63, 3.8) is 0 Å². The summed E-state index contributed by atoms with van der Waals surface area (Å²) >= 11 is 0. The molecule has 9 heteroatoms. The number of benzene rings is 4. The molecule has 212 valence electrons. The molecule has 5 rings (SSSR count). The summed E-state index contributed by atoms with van der Waals surface area (Å²) in [6.07, 6.45) is 0.560. The Labute approximate surface area is 242 Å². The number of carbonyl (C=O) groups excluding carboxylic acids is 1. The lowest BCUT2D eigenvalue weighted by Crippen LogP contribution is -2.38. The van der Waals surface area contributed by atoms with E-state index in [4.69, 9.17) is 9.72 Å². The third-order valence-electron chi connectivity index (χ3n) is 7.12. The Hall–Kier alpha value is -5.31. The number of ether oxygens (including phenoxy) is 1. The average Bonchev–Trinajstić information content (AvgIpc) is 3.02. The van der Waals surface area contributed by atoms with E-state index in [2.05, 4.69) is 0 Å². The van der Waals surface area contributed by atoms with Crippen molar-refractivity contribution in [2.45, 2.75) is 26.3 Å². The maximum absolute atomic E-state index is 14.0. The average molecular weight is 563 g/mol. The van der Waals surface area contributed by atoms with Gasteiger partial charge in [0, 0.05) is 24.2 Å². The van der Waals surface area contributed by atoms with Crippen molar-refractivity contribution in [3.05, 3.63) is 141 Å². The molecule has 0 aliphatic carbocycles. The van der Waals surface area contributed by atoms with Crippen LogP contribution in [-0.2, 0) is 6.42 Å². The first-order chi connectivity index (χ1) is 20.4. The van der Waals surface area contributed by atoms with Gasteiger partial charge in [0.15, 0.2) is 0 Å². The van der Waals surface area contributed by atoms with Crippen LogP contribution in [0, 0.1) is 10.1 Å². The van der Waals surface area contributed by atoms with Gasteiger partial charge in [-0.2, -0.15) is 0 Å². The van der Waals surface area contributed by atoms with E-state index >= 15 is 0 Å². The molecule has 42 heavy (non-hydrogen) atoms. The number of amides is 1. The third-order valence-corrected chi connectivity index (χ3v) is 7.12. The fourth-order valence-corrected chi connectivity index (χ4v) is 4.93. The molecule has 9 nitrogen and oxygen atoms in total. The van der Waals surface area contributed by atoms with Crippen molar-refractivity contribution in [2.75, 3.05) is 13.2 Å². The highest BCUT2D eigenvalue weighted by Gasteiger charge is 2.28. The van der Waals surface area contributed by atoms with Gasteiger partial charge in [0.25, 0.3) is 17.2 Å². The Morgan fingerprint density at radius 2 is 1.62 bits per heavy atom. The molecule has 0 saturated heterocycles. The van der Waals surface area contributed by atoms with Crippen LogP contribution >= 0.6 is 0 Å². The molecule has 0 aliphatic heterocycles. The molecule has 0 bridgehead atoms. The van der Waals surface area contributed by atoms with Crippen LogP contribution < -0.4 is 10.3 Å². The number of hydrogen-bond acceptors (Lipinski definition) is 6. The second kappa shape index (κ2) is 12.5. The summed E-state index contributed by atoms with van der Waals surface area (Å²) < 4.78 is 7.14. The van der Waals surface area contributed by atoms with Gasteiger partial charge in [-0.25, -0.2) is 4.98 Å². The fraction of sp³-hybridized carbons (Fsp3) is 0.182. The summed E-state index contributed by atoms with van der Waals surface area (Å²) in [5, 5.41) is 11.7. The SMILES string of the molecule is CCOc1ccc(-n2c(C(C)N(CCc3ccccc3)C(=O)c3ccc([N+](=O)[O-])cc3)nc3ccccc3c2=O)cc1. The minimum absolute atomic E-state index is 0.101. The topological polar surface area (TPSA) is 108 Å². The van der Waals surface area contributed by atoms with Crippen LogP contribution in [0.1, 0.15) is 41.6 Å². The zero-order valence-corrected chi connectivity index (χ0v) is 23.3. The first-order valence-electron chi connectivity index (χ1n) is 13.7. The van der Waals surface area contributed by atoms with Crippen molar-refractivity contribution >= 4 is 22.5 Å². The van der Waals surface area contributed by atoms with Crippen molar-refractivity contribution in [1.82, 2.24) is 14.5 Å². The van der Waals surface area contributed by atoms with E-state index in [1.54, 1.807) is 51.9 Å². The largest absolute Gasteiger partial charge is 0.494 e. The summed E-state index contributed by atoms with van der Waals surface area (Å²) in [6, 6.07) is 29.0. The van der Waals surface area contributed by atoms with Gasteiger partial charge in [-0.1, -0.05) is 42.5 Å². The summed E-state index contributed by atoms with van der Waals surface area (Å²) in [5.41, 5.74) is 2.11. The number of nitrogens with zero attached hydrogens (tertiary/aromatic N) is 4. The molecular weight excluding hydrogens is 532 g/mol. The van der Waals surface area contributed by atoms with Crippen LogP contribution in [0.2, 0.25) is 0 Å². The van der Waals surface area contributed by atoms with E-state index in [9.17, 15) is 19.7 Å². The number of aromatic nitrogens is 2. The van der Waals surface area contributed by atoms with Crippen LogP contribution in [0.4, 0.5) is 5.69 Å². The Balaban J connectivity index is 1.62. The number of nitro benzene ring substituents is 1. The summed E-state index contributed by atoms with van der Waals surface area (Å²) in [6.45, 7) is 4.58. The predicted molar refractivity (Wildman–Crippen MR) is 161 cm³/mol. The number of hydrogen-bond donors (Lipinski definition) is 0. The lowest BCUT2D eigenvalue weighted by atomic mass is 10.1. The zero-order valence-electron chi connectivity index (χ0n) is 23.3. The Kier molecular flexibility index (Phi) is 8.38. The maximum atomic E-state index is 14.0. The number of para-hydroxylation sites is 1. The zero-order chi connectivity index (χ0) is 29.6. The molecule has 0 saturated carbocycles. The highest BCUT2D eigenvalue weighted by atomic mass is 16.6. The van der Waals surface area contributed by atoms with Gasteiger partial charge in [-0.15, -0.1) is 0 Å². The van der Waals surface area contributed by atoms with E-state index in [1.165, 1.54) is 24.3 Å². The molecule has 0 spiro atoms. The maximum Gasteiger partial charge on any atom is 0.269 e. The van der Waals surface area contributed by atoms with E-state index in [0.29, 0.717) is 53.3 Å². The van der Waals surface area contributed by atoms with Gasteiger partial charge in [-0.05, 0) is 74.4 Å². The molecule has 5 aromatic rings. The Bertz CT molecular complexity index is 1770. The van der Waals surface area contributed by atoms with Crippen LogP contribution in [-0.4, -0.2) is 38.4 Å². The highest BCUT2D eigenvalue weighted by Crippen LogP contribution is 2.26. The first-order valence-corrected chi connectivity index (χ1v) is 13.7. The van der Waals surface area contributed by atoms with Crippen LogP contribution in [0.5, 0.6) is 5.75 Å². The molecule has 0 aliphatic rings. The van der Waals surface area contributed by atoms with Crippen molar-refractivity contribution in [1.29, 1.82) is 0 Å². The summed E-state index contributed by atoms with van der Waals surface area (Å²) in [4.78, 5) is 45.2. The summed E-state index contributed by atoms with van der Waals surface area (Å²) in [5.74, 6) is 0.746. The van der Waals surface area contributed by atoms with E-state index < -0.39 is 11.0 Å². The van der Waals surface area contributed by atoms with Gasteiger partial charge in [0.05, 0.1) is 34.2 Å². The highest BCUT2D eigenvalue weighted by molar-refractivity contribution is 5.94. The molecule has 0 N–H and O–H groups in total. The normalized spacial score (nSPS) is 11.7. The fourth-order valence-electron chi connectivity index (χ4n) is 4.93. The van der Waals surface area contributed by atoms with E-state index in [-0.39, 0.29) is 17.2 Å². The molecule has 1 heterocycles. The number of rotatable bonds is 10. The lowest BCUT2D eigenvalue weighted by Gasteiger charge is -2.31. The second-order valence-electron chi connectivity index (χ2n) is 9.77. The molecule has 1 atom stereocenters. The minimum Gasteiger partial charge on any atom is -0.494 e. The third kappa shape index (κ3) is 5.90. The molecule has 1 amide bonds. The standard InChI is InChI=1S/C33H30N4O5/c1-3-42-28-19-17-26(18-20-28)36-31(34-30-12-8-7-11-29(30)33(36)39)23(2)35(22-21-24-9-5-4-6-10-24)32(38)25-13-15-27(16-14-25)37(40)41/h4-20,23H,3,21-22H2,1-2H3. The smallest absolute Gasteiger partial charge is 0.269 e. The monoisotopic (exact) mass is 562 g/mol. The number of nitro groups is 1. The quantitative estimate of drug-likeness (QED) is 0.150. The predicted octanol–water partition coefficient (Wildman–Crippen LogP) is 6.14. The van der Waals surface area contributed by atoms with Crippen molar-refractivity contribution in [3.8, 4) is 11.4 Å². The number of carbonyl (C=O) groups is 1. The number of fused-ring (bicyclic) bond motifs is 1. The van der Waals surface area contributed by atoms with Gasteiger partial charge >= 0.3 is 0 Å².